The lowest BCUT2D eigenvalue weighted by Gasteiger charge is -2.20. The van der Waals surface area contributed by atoms with Crippen LogP contribution < -0.4 is 10.1 Å². The third-order valence-corrected chi connectivity index (χ3v) is 4.89. The van der Waals surface area contributed by atoms with Crippen molar-refractivity contribution in [2.24, 2.45) is 7.05 Å². The number of aromatic nitrogens is 3. The molecule has 1 aliphatic rings. The van der Waals surface area contributed by atoms with E-state index in [1.807, 2.05) is 49.5 Å². The second-order valence-corrected chi connectivity index (χ2v) is 6.81. The van der Waals surface area contributed by atoms with Crippen LogP contribution in [0.4, 0.5) is 0 Å². The fourth-order valence-corrected chi connectivity index (χ4v) is 3.20. The van der Waals surface area contributed by atoms with E-state index in [1.165, 1.54) is 0 Å². The quantitative estimate of drug-likeness (QED) is 0.731. The van der Waals surface area contributed by atoms with E-state index in [4.69, 9.17) is 4.74 Å². The highest BCUT2D eigenvalue weighted by atomic mass is 16.5. The van der Waals surface area contributed by atoms with Gasteiger partial charge in [-0.3, -0.25) is 14.5 Å². The lowest BCUT2D eigenvalue weighted by atomic mass is 9.99. The Kier molecular flexibility index (Phi) is 4.62. The number of benzene rings is 1. The number of ether oxygens (including phenoxy) is 1. The molecule has 1 aromatic carbocycles. The van der Waals surface area contributed by atoms with E-state index in [0.717, 1.165) is 35.4 Å². The Bertz CT molecular complexity index is 931. The van der Waals surface area contributed by atoms with Crippen LogP contribution in [-0.2, 0) is 7.05 Å². The van der Waals surface area contributed by atoms with Crippen molar-refractivity contribution in [1.29, 1.82) is 0 Å². The molecule has 1 saturated carbocycles. The number of methoxy groups -OCH3 is 1. The van der Waals surface area contributed by atoms with Crippen molar-refractivity contribution in [3.05, 3.63) is 77.4 Å². The number of hydrogen-bond donors (Lipinski definition) is 1. The summed E-state index contributed by atoms with van der Waals surface area (Å²) in [6.45, 7) is 0. The minimum absolute atomic E-state index is 0.144. The third-order valence-electron chi connectivity index (χ3n) is 4.89. The maximum Gasteiger partial charge on any atom is 0.270 e. The van der Waals surface area contributed by atoms with Crippen molar-refractivity contribution in [2.75, 3.05) is 7.11 Å². The van der Waals surface area contributed by atoms with Crippen molar-refractivity contribution >= 4 is 5.91 Å². The van der Waals surface area contributed by atoms with E-state index in [9.17, 15) is 4.79 Å². The molecule has 138 valence electrons. The van der Waals surface area contributed by atoms with Crippen LogP contribution in [0.15, 0.2) is 54.9 Å². The lowest BCUT2D eigenvalue weighted by molar-refractivity contribution is 0.0933. The summed E-state index contributed by atoms with van der Waals surface area (Å²) in [5.41, 5.74) is 3.52. The minimum Gasteiger partial charge on any atom is -0.497 e. The van der Waals surface area contributed by atoms with Crippen LogP contribution in [0.2, 0.25) is 0 Å². The molecule has 2 heterocycles. The molecule has 2 aromatic heterocycles. The predicted molar refractivity (Wildman–Crippen MR) is 102 cm³/mol. The molecular weight excluding hydrogens is 340 g/mol. The van der Waals surface area contributed by atoms with Crippen LogP contribution in [0.5, 0.6) is 5.75 Å². The first-order valence-corrected chi connectivity index (χ1v) is 9.04. The number of carbonyl (C=O) groups excluding carboxylic acids is 1. The molecule has 1 N–H and O–H groups in total. The number of aryl methyl sites for hydroxylation is 1. The SMILES string of the molecule is COc1ccc([C@@H](NC(=O)c2cc(C3CC3)nn2C)c2ccncc2)cc1. The zero-order valence-corrected chi connectivity index (χ0v) is 15.4. The van der Waals surface area contributed by atoms with Gasteiger partial charge in [-0.05, 0) is 54.3 Å². The van der Waals surface area contributed by atoms with Crippen LogP contribution in [0.1, 0.15) is 52.1 Å². The van der Waals surface area contributed by atoms with Gasteiger partial charge in [0.05, 0.1) is 18.8 Å². The first kappa shape index (κ1) is 17.3. The number of hydrogen-bond acceptors (Lipinski definition) is 4. The number of pyridine rings is 1. The Balaban J connectivity index is 1.63. The van der Waals surface area contributed by atoms with Crippen molar-refractivity contribution in [2.45, 2.75) is 24.8 Å². The first-order chi connectivity index (χ1) is 13.2. The molecular formula is C21H22N4O2. The van der Waals surface area contributed by atoms with Gasteiger partial charge in [0.2, 0.25) is 0 Å². The molecule has 0 saturated heterocycles. The Hall–Kier alpha value is -3.15. The largest absolute Gasteiger partial charge is 0.497 e. The van der Waals surface area contributed by atoms with E-state index in [-0.39, 0.29) is 11.9 Å². The summed E-state index contributed by atoms with van der Waals surface area (Å²) in [6, 6.07) is 13.2. The molecule has 1 aliphatic carbocycles. The van der Waals surface area contributed by atoms with Crippen LogP contribution in [0.3, 0.4) is 0 Å². The van der Waals surface area contributed by atoms with E-state index in [2.05, 4.69) is 15.4 Å². The topological polar surface area (TPSA) is 69.0 Å². The van der Waals surface area contributed by atoms with Gasteiger partial charge in [0.1, 0.15) is 11.4 Å². The molecule has 0 unspecified atom stereocenters. The highest BCUT2D eigenvalue weighted by molar-refractivity contribution is 5.93. The summed E-state index contributed by atoms with van der Waals surface area (Å²) in [6.07, 6.45) is 5.77. The zero-order chi connectivity index (χ0) is 18.8. The third kappa shape index (κ3) is 3.69. The van der Waals surface area contributed by atoms with Crippen molar-refractivity contribution in [1.82, 2.24) is 20.1 Å². The zero-order valence-electron chi connectivity index (χ0n) is 15.4. The second kappa shape index (κ2) is 7.23. The van der Waals surface area contributed by atoms with Gasteiger partial charge < -0.3 is 10.1 Å². The molecule has 3 aromatic rings. The van der Waals surface area contributed by atoms with Crippen molar-refractivity contribution in [3.63, 3.8) is 0 Å². The molecule has 27 heavy (non-hydrogen) atoms. The van der Waals surface area contributed by atoms with Crippen molar-refractivity contribution in [3.8, 4) is 5.75 Å². The van der Waals surface area contributed by atoms with E-state index >= 15 is 0 Å². The maximum absolute atomic E-state index is 13.0. The monoisotopic (exact) mass is 362 g/mol. The highest BCUT2D eigenvalue weighted by Crippen LogP contribution is 2.39. The van der Waals surface area contributed by atoms with Crippen LogP contribution in [-0.4, -0.2) is 27.8 Å². The average molecular weight is 362 g/mol. The Morgan fingerprint density at radius 2 is 1.81 bits per heavy atom. The summed E-state index contributed by atoms with van der Waals surface area (Å²) >= 11 is 0. The standard InChI is InChI=1S/C21H22N4O2/c1-25-19(13-18(24-25)14-3-4-14)21(26)23-20(16-9-11-22-12-10-16)15-5-7-17(27-2)8-6-15/h5-14,20H,3-4H2,1-2H3,(H,23,26)/t20-/m1/s1. The summed E-state index contributed by atoms with van der Waals surface area (Å²) < 4.78 is 6.91. The number of carbonyl (C=O) groups is 1. The Morgan fingerprint density at radius 1 is 1.15 bits per heavy atom. The van der Waals surface area contributed by atoms with E-state index < -0.39 is 0 Å². The van der Waals surface area contributed by atoms with Gasteiger partial charge in [-0.15, -0.1) is 0 Å². The molecule has 4 rings (SSSR count). The van der Waals surface area contributed by atoms with Gasteiger partial charge in [0.15, 0.2) is 0 Å². The highest BCUT2D eigenvalue weighted by Gasteiger charge is 2.28. The van der Waals surface area contributed by atoms with Gasteiger partial charge in [0, 0.05) is 25.4 Å². The molecule has 1 atom stereocenters. The number of amides is 1. The summed E-state index contributed by atoms with van der Waals surface area (Å²) in [7, 11) is 3.45. The molecule has 0 bridgehead atoms. The number of nitrogens with zero attached hydrogens (tertiary/aromatic N) is 3. The molecule has 6 heteroatoms. The predicted octanol–water partition coefficient (Wildman–Crippen LogP) is 3.22. The summed E-state index contributed by atoms with van der Waals surface area (Å²) in [5, 5.41) is 7.65. The van der Waals surface area contributed by atoms with Crippen LogP contribution in [0, 0.1) is 0 Å². The van der Waals surface area contributed by atoms with E-state index in [1.54, 1.807) is 24.2 Å². The number of rotatable bonds is 6. The molecule has 1 fully saturated rings. The smallest absolute Gasteiger partial charge is 0.270 e. The molecule has 1 amide bonds. The van der Waals surface area contributed by atoms with Crippen molar-refractivity contribution < 1.29 is 9.53 Å². The fraction of sp³-hybridized carbons (Fsp3) is 0.286. The molecule has 0 aliphatic heterocycles. The van der Waals surface area contributed by atoms with Gasteiger partial charge in [0.25, 0.3) is 5.91 Å². The van der Waals surface area contributed by atoms with Crippen LogP contribution >= 0.6 is 0 Å². The maximum atomic E-state index is 13.0. The number of nitrogens with one attached hydrogen (secondary N) is 1. The Morgan fingerprint density at radius 3 is 2.44 bits per heavy atom. The van der Waals surface area contributed by atoms with Crippen LogP contribution in [0.25, 0.3) is 0 Å². The normalized spacial score (nSPS) is 14.6. The average Bonchev–Trinajstić information content (AvgIpc) is 3.49. The molecule has 6 nitrogen and oxygen atoms in total. The summed E-state index contributed by atoms with van der Waals surface area (Å²) in [4.78, 5) is 17.1. The van der Waals surface area contributed by atoms with Gasteiger partial charge in [-0.2, -0.15) is 5.10 Å². The summed E-state index contributed by atoms with van der Waals surface area (Å²) in [5.74, 6) is 1.14. The van der Waals surface area contributed by atoms with Gasteiger partial charge in [-0.25, -0.2) is 0 Å². The van der Waals surface area contributed by atoms with Gasteiger partial charge in [-0.1, -0.05) is 12.1 Å². The van der Waals surface area contributed by atoms with Gasteiger partial charge >= 0.3 is 0 Å². The Labute approximate surface area is 158 Å². The second-order valence-electron chi connectivity index (χ2n) is 6.81. The fourth-order valence-electron chi connectivity index (χ4n) is 3.20. The lowest BCUT2D eigenvalue weighted by Crippen LogP contribution is -2.30. The first-order valence-electron chi connectivity index (χ1n) is 9.04. The van der Waals surface area contributed by atoms with E-state index in [0.29, 0.717) is 11.6 Å². The molecule has 0 radical (unpaired) electrons. The molecule has 0 spiro atoms. The minimum atomic E-state index is -0.286.